The van der Waals surface area contributed by atoms with Crippen molar-refractivity contribution in [1.29, 1.82) is 5.26 Å². The van der Waals surface area contributed by atoms with Crippen molar-refractivity contribution in [2.45, 2.75) is 56.9 Å². The minimum atomic E-state index is -3.87. The number of carbonyl (C=O) groups is 1. The number of amides is 1. The Morgan fingerprint density at radius 3 is 2.69 bits per heavy atom. The predicted octanol–water partition coefficient (Wildman–Crippen LogP) is 3.79. The van der Waals surface area contributed by atoms with Crippen LogP contribution < -0.4 is 10.5 Å². The average Bonchev–Trinajstić information content (AvgIpc) is 2.71. The zero-order chi connectivity index (χ0) is 23.7. The topological polar surface area (TPSA) is 126 Å². The molecule has 0 bridgehead atoms. The number of hydrogen-bond donors (Lipinski definition) is 2. The fourth-order valence-corrected chi connectivity index (χ4v) is 5.12. The smallest absolute Gasteiger partial charge is 0.238 e. The zero-order valence-electron chi connectivity index (χ0n) is 18.7. The lowest BCUT2D eigenvalue weighted by molar-refractivity contribution is -0.113. The molecule has 0 radical (unpaired) electrons. The largest absolute Gasteiger partial charge is 0.325 e. The monoisotopic (exact) mass is 472 g/mol. The Bertz CT molecular complexity index is 1190. The molecule has 1 heterocycles. The first-order valence-corrected chi connectivity index (χ1v) is 12.9. The number of sulfonamides is 1. The summed E-state index contributed by atoms with van der Waals surface area (Å²) in [6, 6.07) is 8.46. The molecule has 2 aromatic rings. The molecular weight excluding hydrogens is 444 g/mol. The van der Waals surface area contributed by atoms with Crippen LogP contribution in [0.25, 0.3) is 0 Å². The van der Waals surface area contributed by atoms with E-state index in [1.54, 1.807) is 13.0 Å². The molecule has 0 saturated heterocycles. The van der Waals surface area contributed by atoms with Crippen LogP contribution in [0.5, 0.6) is 0 Å². The van der Waals surface area contributed by atoms with E-state index in [4.69, 9.17) is 10.1 Å². The van der Waals surface area contributed by atoms with Crippen molar-refractivity contribution in [3.63, 3.8) is 0 Å². The lowest BCUT2D eigenvalue weighted by Gasteiger charge is -2.34. The van der Waals surface area contributed by atoms with Gasteiger partial charge in [0.25, 0.3) is 0 Å². The van der Waals surface area contributed by atoms with Crippen LogP contribution in [0.4, 0.5) is 5.69 Å². The van der Waals surface area contributed by atoms with E-state index in [1.165, 1.54) is 23.9 Å². The highest BCUT2D eigenvalue weighted by Gasteiger charge is 2.30. The SMILES string of the molecule is Cc1ccc(S(N)(=O)=O)cc1NC(=O)CSc1nc2c(cc1C#N)C[C@@H](C(C)(C)C)CC2. The second-order valence-corrected chi connectivity index (χ2v) is 11.7. The van der Waals surface area contributed by atoms with Crippen molar-refractivity contribution < 1.29 is 13.2 Å². The molecule has 3 N–H and O–H groups in total. The number of rotatable bonds is 5. The summed E-state index contributed by atoms with van der Waals surface area (Å²) in [5.74, 6) is 0.272. The Balaban J connectivity index is 1.73. The predicted molar refractivity (Wildman–Crippen MR) is 126 cm³/mol. The molecule has 170 valence electrons. The van der Waals surface area contributed by atoms with Crippen molar-refractivity contribution in [2.75, 3.05) is 11.1 Å². The first-order valence-electron chi connectivity index (χ1n) is 10.4. The van der Waals surface area contributed by atoms with Gasteiger partial charge in [-0.1, -0.05) is 38.6 Å². The lowest BCUT2D eigenvalue weighted by atomic mass is 9.71. The third-order valence-corrected chi connectivity index (χ3v) is 7.75. The van der Waals surface area contributed by atoms with E-state index < -0.39 is 10.0 Å². The van der Waals surface area contributed by atoms with Gasteiger partial charge in [0.2, 0.25) is 15.9 Å². The number of nitrogens with two attached hydrogens (primary N) is 1. The molecule has 32 heavy (non-hydrogen) atoms. The van der Waals surface area contributed by atoms with Crippen molar-refractivity contribution in [3.05, 3.63) is 46.6 Å². The quantitative estimate of drug-likeness (QED) is 0.638. The number of nitrogens with zero attached hydrogens (tertiary/aromatic N) is 2. The number of carbonyl (C=O) groups excluding carboxylic acids is 1. The van der Waals surface area contributed by atoms with Gasteiger partial charge in [0.1, 0.15) is 11.1 Å². The molecule has 1 aromatic heterocycles. The van der Waals surface area contributed by atoms with Gasteiger partial charge in [-0.25, -0.2) is 18.5 Å². The van der Waals surface area contributed by atoms with Gasteiger partial charge in [-0.2, -0.15) is 5.26 Å². The first kappa shape index (κ1) is 24.2. The summed E-state index contributed by atoms with van der Waals surface area (Å²) in [6.07, 6.45) is 2.83. The van der Waals surface area contributed by atoms with Gasteiger partial charge in [0.15, 0.2) is 0 Å². The van der Waals surface area contributed by atoms with E-state index in [2.05, 4.69) is 32.2 Å². The van der Waals surface area contributed by atoms with Gasteiger partial charge >= 0.3 is 0 Å². The number of thioether (sulfide) groups is 1. The molecule has 0 fully saturated rings. The Labute approximate surface area is 193 Å². The maximum atomic E-state index is 12.5. The number of pyridine rings is 1. The molecule has 0 aliphatic heterocycles. The summed E-state index contributed by atoms with van der Waals surface area (Å²) in [4.78, 5) is 17.2. The van der Waals surface area contributed by atoms with Gasteiger partial charge in [-0.05, 0) is 66.8 Å². The molecule has 1 amide bonds. The van der Waals surface area contributed by atoms with Gasteiger partial charge in [0.05, 0.1) is 16.2 Å². The average molecular weight is 473 g/mol. The second kappa shape index (κ2) is 9.22. The summed E-state index contributed by atoms with van der Waals surface area (Å²) < 4.78 is 23.2. The molecule has 1 aliphatic carbocycles. The number of primary sulfonamides is 1. The third-order valence-electron chi connectivity index (χ3n) is 5.85. The first-order chi connectivity index (χ1) is 14.9. The van der Waals surface area contributed by atoms with Crippen LogP contribution >= 0.6 is 11.8 Å². The van der Waals surface area contributed by atoms with Crippen molar-refractivity contribution >= 4 is 33.4 Å². The lowest BCUT2D eigenvalue weighted by Crippen LogP contribution is -2.27. The highest BCUT2D eigenvalue weighted by molar-refractivity contribution is 8.00. The molecule has 7 nitrogen and oxygen atoms in total. The van der Waals surface area contributed by atoms with E-state index in [1.807, 2.05) is 6.07 Å². The van der Waals surface area contributed by atoms with E-state index in [0.717, 1.165) is 30.5 Å². The highest BCUT2D eigenvalue weighted by atomic mass is 32.2. The fraction of sp³-hybridized carbons (Fsp3) is 0.435. The third kappa shape index (κ3) is 5.68. The summed E-state index contributed by atoms with van der Waals surface area (Å²) in [5, 5.41) is 18.1. The van der Waals surface area contributed by atoms with Crippen molar-refractivity contribution in [2.24, 2.45) is 16.5 Å². The molecule has 3 rings (SSSR count). The number of fused-ring (bicyclic) bond motifs is 1. The minimum Gasteiger partial charge on any atom is -0.325 e. The number of nitrogens with one attached hydrogen (secondary N) is 1. The van der Waals surface area contributed by atoms with E-state index in [9.17, 15) is 18.5 Å². The summed E-state index contributed by atoms with van der Waals surface area (Å²) in [6.45, 7) is 8.48. The standard InChI is InChI=1S/C23H28N4O3S2/c1-14-5-7-18(32(25,29)30)11-20(14)26-21(28)13-31-22-16(12-24)9-15-10-17(23(2,3)4)6-8-19(15)27-22/h5,7,9,11,17H,6,8,10,13H2,1-4H3,(H,26,28)(H2,25,29,30)/t17-/m0/s1. The van der Waals surface area contributed by atoms with Gasteiger partial charge < -0.3 is 5.32 Å². The Morgan fingerprint density at radius 2 is 2.06 bits per heavy atom. The summed E-state index contributed by atoms with van der Waals surface area (Å²) in [5.41, 5.74) is 3.90. The maximum Gasteiger partial charge on any atom is 0.238 e. The van der Waals surface area contributed by atoms with Crippen molar-refractivity contribution in [1.82, 2.24) is 4.98 Å². The Morgan fingerprint density at radius 1 is 1.34 bits per heavy atom. The molecule has 0 unspecified atom stereocenters. The number of nitriles is 1. The molecular formula is C23H28N4O3S2. The number of hydrogen-bond acceptors (Lipinski definition) is 6. The van der Waals surface area contributed by atoms with Crippen LogP contribution in [-0.4, -0.2) is 25.1 Å². The van der Waals surface area contributed by atoms with E-state index >= 15 is 0 Å². The summed E-state index contributed by atoms with van der Waals surface area (Å²) in [7, 11) is -3.87. The fourth-order valence-electron chi connectivity index (χ4n) is 3.81. The van der Waals surface area contributed by atoms with Gasteiger partial charge in [0, 0.05) is 11.4 Å². The molecule has 1 aliphatic rings. The van der Waals surface area contributed by atoms with Crippen LogP contribution in [0.1, 0.15) is 49.6 Å². The minimum absolute atomic E-state index is 0.0458. The van der Waals surface area contributed by atoms with Gasteiger partial charge in [-0.3, -0.25) is 4.79 Å². The van der Waals surface area contributed by atoms with Crippen LogP contribution in [0.15, 0.2) is 34.2 Å². The Hall–Kier alpha value is -2.41. The van der Waals surface area contributed by atoms with Crippen LogP contribution in [0, 0.1) is 29.6 Å². The molecule has 1 atom stereocenters. The number of aromatic nitrogens is 1. The van der Waals surface area contributed by atoms with Crippen molar-refractivity contribution in [3.8, 4) is 6.07 Å². The van der Waals surface area contributed by atoms with E-state index in [0.29, 0.717) is 27.8 Å². The van der Waals surface area contributed by atoms with Crippen LogP contribution in [-0.2, 0) is 27.7 Å². The Kier molecular flexibility index (Phi) is 6.98. The van der Waals surface area contributed by atoms with Crippen LogP contribution in [0.3, 0.4) is 0 Å². The van der Waals surface area contributed by atoms with E-state index in [-0.39, 0.29) is 22.0 Å². The maximum absolute atomic E-state index is 12.5. The van der Waals surface area contributed by atoms with Crippen LogP contribution in [0.2, 0.25) is 0 Å². The number of benzene rings is 1. The summed E-state index contributed by atoms with van der Waals surface area (Å²) >= 11 is 1.21. The number of anilines is 1. The normalized spacial score (nSPS) is 16.2. The van der Waals surface area contributed by atoms with Gasteiger partial charge in [-0.15, -0.1) is 0 Å². The molecule has 1 aromatic carbocycles. The highest BCUT2D eigenvalue weighted by Crippen LogP contribution is 2.38. The number of aryl methyl sites for hydroxylation is 2. The second-order valence-electron chi connectivity index (χ2n) is 9.22. The molecule has 0 saturated carbocycles. The molecule has 0 spiro atoms. The molecule has 9 heteroatoms. The zero-order valence-corrected chi connectivity index (χ0v) is 20.4.